The molecule has 27 heavy (non-hydrogen) atoms. The van der Waals surface area contributed by atoms with Crippen LogP contribution in [0.5, 0.6) is 17.2 Å². The molecule has 0 atom stereocenters. The molecular formula is C19H16N4O3S. The Hall–Kier alpha value is -3.39. The molecule has 0 radical (unpaired) electrons. The molecule has 0 aliphatic heterocycles. The fourth-order valence-electron chi connectivity index (χ4n) is 2.82. The van der Waals surface area contributed by atoms with Gasteiger partial charge in [0.2, 0.25) is 11.6 Å². The lowest BCUT2D eigenvalue weighted by Gasteiger charge is -2.12. The van der Waals surface area contributed by atoms with E-state index in [0.717, 1.165) is 16.0 Å². The number of nitrogens with zero attached hydrogens (tertiary/aromatic N) is 3. The number of aromatic hydroxyl groups is 1. The quantitative estimate of drug-likeness (QED) is 0.548. The molecule has 0 bridgehead atoms. The van der Waals surface area contributed by atoms with Crippen molar-refractivity contribution in [3.8, 4) is 17.2 Å². The number of rotatable bonds is 5. The van der Waals surface area contributed by atoms with Crippen LogP contribution in [0.25, 0.3) is 21.7 Å². The van der Waals surface area contributed by atoms with Crippen LogP contribution in [0.15, 0.2) is 42.5 Å². The number of ether oxygens (including phenoxy) is 2. The van der Waals surface area contributed by atoms with Gasteiger partial charge in [0.15, 0.2) is 11.5 Å². The highest BCUT2D eigenvalue weighted by Gasteiger charge is 2.17. The summed E-state index contributed by atoms with van der Waals surface area (Å²) in [5.41, 5.74) is 1.47. The van der Waals surface area contributed by atoms with Crippen molar-refractivity contribution in [3.63, 3.8) is 0 Å². The number of benzene rings is 2. The van der Waals surface area contributed by atoms with Crippen LogP contribution in [-0.4, -0.2) is 40.0 Å². The van der Waals surface area contributed by atoms with E-state index >= 15 is 0 Å². The van der Waals surface area contributed by atoms with Crippen molar-refractivity contribution >= 4 is 33.1 Å². The van der Waals surface area contributed by atoms with Crippen molar-refractivity contribution in [3.05, 3.63) is 58.7 Å². The number of thiophene rings is 1. The second-order valence-corrected chi connectivity index (χ2v) is 6.82. The number of fused-ring (bicyclic) bond motifs is 1. The zero-order valence-corrected chi connectivity index (χ0v) is 15.4. The first-order valence-corrected chi connectivity index (χ1v) is 8.90. The monoisotopic (exact) mass is 380 g/mol. The second kappa shape index (κ2) is 7.08. The van der Waals surface area contributed by atoms with Gasteiger partial charge in [-0.2, -0.15) is 5.21 Å². The van der Waals surface area contributed by atoms with Gasteiger partial charge in [0.1, 0.15) is 0 Å². The summed E-state index contributed by atoms with van der Waals surface area (Å²) in [4.78, 5) is 1.04. The zero-order valence-electron chi connectivity index (χ0n) is 14.6. The van der Waals surface area contributed by atoms with Crippen LogP contribution in [0, 0.1) is 0 Å². The van der Waals surface area contributed by atoms with Gasteiger partial charge < -0.3 is 14.6 Å². The summed E-state index contributed by atoms with van der Waals surface area (Å²) in [6.45, 7) is 0. The molecule has 0 aliphatic rings. The van der Waals surface area contributed by atoms with Crippen molar-refractivity contribution in [2.45, 2.75) is 0 Å². The number of H-pyrrole nitrogens is 1. The zero-order chi connectivity index (χ0) is 18.8. The van der Waals surface area contributed by atoms with Crippen molar-refractivity contribution < 1.29 is 14.6 Å². The van der Waals surface area contributed by atoms with E-state index in [-0.39, 0.29) is 5.75 Å². The minimum Gasteiger partial charge on any atom is -0.502 e. The van der Waals surface area contributed by atoms with E-state index in [1.807, 2.05) is 18.2 Å². The molecule has 136 valence electrons. The van der Waals surface area contributed by atoms with Gasteiger partial charge in [-0.3, -0.25) is 0 Å². The summed E-state index contributed by atoms with van der Waals surface area (Å²) in [6.07, 6.45) is 1.99. The molecule has 7 nitrogen and oxygen atoms in total. The number of tetrazole rings is 1. The predicted octanol–water partition coefficient (Wildman–Crippen LogP) is 3.73. The van der Waals surface area contributed by atoms with Crippen LogP contribution in [0.3, 0.4) is 0 Å². The van der Waals surface area contributed by atoms with Crippen LogP contribution in [-0.2, 0) is 0 Å². The summed E-state index contributed by atoms with van der Waals surface area (Å²) in [5.74, 6) is 0.977. The van der Waals surface area contributed by atoms with Gasteiger partial charge in [0.25, 0.3) is 0 Å². The summed E-state index contributed by atoms with van der Waals surface area (Å²) < 4.78 is 11.7. The predicted molar refractivity (Wildman–Crippen MR) is 104 cm³/mol. The number of hydrogen-bond donors (Lipinski definition) is 2. The lowest BCUT2D eigenvalue weighted by molar-refractivity contribution is 0.339. The number of phenolic OH excluding ortho intramolecular Hbond substituents is 1. The number of hydrogen-bond acceptors (Lipinski definition) is 7. The number of methoxy groups -OCH3 is 2. The highest BCUT2D eigenvalue weighted by Crippen LogP contribution is 2.40. The smallest absolute Gasteiger partial charge is 0.205 e. The fourth-order valence-corrected chi connectivity index (χ4v) is 3.83. The summed E-state index contributed by atoms with van der Waals surface area (Å²) in [5, 5.41) is 25.8. The van der Waals surface area contributed by atoms with Gasteiger partial charge in [-0.25, -0.2) is 0 Å². The largest absolute Gasteiger partial charge is 0.502 e. The van der Waals surface area contributed by atoms with Gasteiger partial charge in [0, 0.05) is 15.2 Å². The minimum atomic E-state index is -0.0573. The number of aromatic nitrogens is 4. The highest BCUT2D eigenvalue weighted by molar-refractivity contribution is 7.19. The van der Waals surface area contributed by atoms with E-state index in [0.29, 0.717) is 17.3 Å². The summed E-state index contributed by atoms with van der Waals surface area (Å²) in [7, 11) is 2.98. The highest BCUT2D eigenvalue weighted by atomic mass is 32.1. The summed E-state index contributed by atoms with van der Waals surface area (Å²) in [6, 6.07) is 13.7. The maximum absolute atomic E-state index is 10.2. The molecule has 0 amide bonds. The summed E-state index contributed by atoms with van der Waals surface area (Å²) >= 11 is 1.67. The lowest BCUT2D eigenvalue weighted by Crippen LogP contribution is -1.95. The average molecular weight is 380 g/mol. The average Bonchev–Trinajstić information content (AvgIpc) is 3.35. The van der Waals surface area contributed by atoms with E-state index in [2.05, 4.69) is 38.8 Å². The Morgan fingerprint density at radius 2 is 1.85 bits per heavy atom. The van der Waals surface area contributed by atoms with Crippen molar-refractivity contribution in [1.29, 1.82) is 0 Å². The first-order valence-electron chi connectivity index (χ1n) is 8.09. The molecular weight excluding hydrogens is 364 g/mol. The SMILES string of the molecule is COc1cc(/C(=C/c2cc3ccccc3s2)c2nn[nH]n2)cc(OC)c1O. The van der Waals surface area contributed by atoms with Crippen molar-refractivity contribution in [2.75, 3.05) is 14.2 Å². The molecule has 0 unspecified atom stereocenters. The van der Waals surface area contributed by atoms with Crippen LogP contribution >= 0.6 is 11.3 Å². The Morgan fingerprint density at radius 3 is 2.48 bits per heavy atom. The fraction of sp³-hybridized carbons (Fsp3) is 0.105. The Balaban J connectivity index is 1.90. The maximum Gasteiger partial charge on any atom is 0.205 e. The first-order chi connectivity index (χ1) is 13.2. The van der Waals surface area contributed by atoms with Gasteiger partial charge >= 0.3 is 0 Å². The molecule has 2 aromatic carbocycles. The molecule has 0 aliphatic carbocycles. The number of aromatic amines is 1. The molecule has 0 saturated carbocycles. The van der Waals surface area contributed by atoms with E-state index in [1.54, 1.807) is 23.5 Å². The van der Waals surface area contributed by atoms with Gasteiger partial charge in [-0.15, -0.1) is 21.5 Å². The molecule has 8 heteroatoms. The number of nitrogens with one attached hydrogen (secondary N) is 1. The first kappa shape index (κ1) is 17.0. The minimum absolute atomic E-state index is 0.0573. The molecule has 0 fully saturated rings. The molecule has 0 saturated heterocycles. The van der Waals surface area contributed by atoms with E-state index in [1.165, 1.54) is 24.3 Å². The molecule has 0 spiro atoms. The lowest BCUT2D eigenvalue weighted by atomic mass is 10.0. The third-order valence-electron chi connectivity index (χ3n) is 4.11. The van der Waals surface area contributed by atoms with E-state index in [9.17, 15) is 5.11 Å². The van der Waals surface area contributed by atoms with Crippen LogP contribution < -0.4 is 9.47 Å². The Labute approximate surface area is 158 Å². The number of phenols is 1. The third kappa shape index (κ3) is 3.22. The van der Waals surface area contributed by atoms with Gasteiger partial charge in [0.05, 0.1) is 14.2 Å². The second-order valence-electron chi connectivity index (χ2n) is 5.71. The molecule has 4 rings (SSSR count). The van der Waals surface area contributed by atoms with Gasteiger partial charge in [-0.1, -0.05) is 18.2 Å². The maximum atomic E-state index is 10.2. The van der Waals surface area contributed by atoms with Crippen LogP contribution in [0.2, 0.25) is 0 Å². The Bertz CT molecular complexity index is 1060. The topological polar surface area (TPSA) is 93.2 Å². The van der Waals surface area contributed by atoms with Crippen molar-refractivity contribution in [2.24, 2.45) is 0 Å². The Morgan fingerprint density at radius 1 is 1.11 bits per heavy atom. The van der Waals surface area contributed by atoms with E-state index < -0.39 is 0 Å². The molecule has 2 N–H and O–H groups in total. The van der Waals surface area contributed by atoms with Gasteiger partial charge in [-0.05, 0) is 46.5 Å². The molecule has 4 aromatic rings. The van der Waals surface area contributed by atoms with Crippen molar-refractivity contribution in [1.82, 2.24) is 20.6 Å². The normalized spacial score (nSPS) is 11.7. The van der Waals surface area contributed by atoms with E-state index in [4.69, 9.17) is 9.47 Å². The standard InChI is InChI=1S/C19H16N4O3S/c1-25-15-8-12(9-16(26-2)18(15)24)14(19-20-22-23-21-19)10-13-7-11-5-3-4-6-17(11)27-13/h3-10,24H,1-2H3,(H,20,21,22,23)/b14-10-. The Kier molecular flexibility index (Phi) is 4.47. The third-order valence-corrected chi connectivity index (χ3v) is 5.17. The van der Waals surface area contributed by atoms with Crippen LogP contribution in [0.4, 0.5) is 0 Å². The molecule has 2 aromatic heterocycles. The van der Waals surface area contributed by atoms with Crippen LogP contribution in [0.1, 0.15) is 16.3 Å². The molecule has 2 heterocycles.